The van der Waals surface area contributed by atoms with Gasteiger partial charge in [-0.3, -0.25) is 0 Å². The van der Waals surface area contributed by atoms with E-state index in [1.54, 1.807) is 0 Å². The molecule has 0 atom stereocenters. The summed E-state index contributed by atoms with van der Waals surface area (Å²) in [5.41, 5.74) is 0. The summed E-state index contributed by atoms with van der Waals surface area (Å²) in [5, 5.41) is 0. The Labute approximate surface area is 57.1 Å². The van der Waals surface area contributed by atoms with Gasteiger partial charge in [0.15, 0.2) is 17.4 Å². The SMILES string of the molecule is [AlH3].[H-].[Li+].[O]=[Co]. The topological polar surface area (TPSA) is 17.1 Å². The first-order valence-electron chi connectivity index (χ1n) is 0.136. The first-order valence-corrected chi connectivity index (χ1v) is 0.561. The van der Waals surface area contributed by atoms with E-state index in [9.17, 15) is 0 Å². The molecule has 0 N–H and O–H groups in total. The van der Waals surface area contributed by atoms with Crippen molar-refractivity contribution in [2.45, 2.75) is 0 Å². The van der Waals surface area contributed by atoms with E-state index in [-0.39, 0.29) is 37.6 Å². The molecule has 0 rings (SSSR count). The predicted octanol–water partition coefficient (Wildman–Crippen LogP) is -4.19. The third-order valence-corrected chi connectivity index (χ3v) is 0. The summed E-state index contributed by atoms with van der Waals surface area (Å²) in [7, 11) is 0. The van der Waals surface area contributed by atoms with Crippen LogP contribution in [0.5, 0.6) is 0 Å². The fraction of sp³-hybridized carbons (Fsp3) is 0. The van der Waals surface area contributed by atoms with Crippen LogP contribution in [0.1, 0.15) is 1.43 Å². The summed E-state index contributed by atoms with van der Waals surface area (Å²) in [4.78, 5) is 0. The first kappa shape index (κ1) is 18.0. The molecule has 0 aromatic carbocycles. The molecule has 1 nitrogen and oxygen atoms in total. The van der Waals surface area contributed by atoms with Crippen molar-refractivity contribution in [3.05, 3.63) is 0 Å². The zero-order valence-corrected chi connectivity index (χ0v) is 2.78. The molecule has 0 heterocycles. The van der Waals surface area contributed by atoms with Gasteiger partial charge in [-0.1, -0.05) is 0 Å². The van der Waals surface area contributed by atoms with E-state index < -0.39 is 0 Å². The van der Waals surface area contributed by atoms with Crippen molar-refractivity contribution >= 4 is 17.4 Å². The molecule has 23 valence electrons. The number of rotatable bonds is 0. The van der Waals surface area contributed by atoms with Crippen molar-refractivity contribution in [3.8, 4) is 0 Å². The number of hydrogen-bond donors (Lipinski definition) is 0. The van der Waals surface area contributed by atoms with E-state index in [1.807, 2.05) is 0 Å². The summed E-state index contributed by atoms with van der Waals surface area (Å²) in [5.74, 6) is 0. The molecular weight excluding hydrogens is 109 g/mol. The van der Waals surface area contributed by atoms with Crippen LogP contribution in [0.25, 0.3) is 0 Å². The molecule has 0 fully saturated rings. The normalized spacial score (nSPS) is 1.25. The van der Waals surface area contributed by atoms with Crippen LogP contribution in [0, 0.1) is 0 Å². The average Bonchev–Trinajstić information content (AvgIpc) is 1.00. The molecular formula is H4AlCoLiO. The zero-order chi connectivity index (χ0) is 2.00. The van der Waals surface area contributed by atoms with Crippen molar-refractivity contribution in [2.75, 3.05) is 0 Å². The van der Waals surface area contributed by atoms with Gasteiger partial charge in [-0.2, -0.15) is 0 Å². The van der Waals surface area contributed by atoms with Gasteiger partial charge in [0.1, 0.15) is 0 Å². The standard InChI is InChI=1S/Al.Co.Li.O.4H/q;;+1;;;;;-1. The van der Waals surface area contributed by atoms with E-state index in [4.69, 9.17) is 3.87 Å². The van der Waals surface area contributed by atoms with Crippen LogP contribution in [-0.4, -0.2) is 17.4 Å². The molecule has 0 unspecified atom stereocenters. The van der Waals surface area contributed by atoms with Crippen molar-refractivity contribution in [1.82, 2.24) is 0 Å². The Kier molecular flexibility index (Phi) is 114. The van der Waals surface area contributed by atoms with Crippen LogP contribution in [0.15, 0.2) is 0 Å². The van der Waals surface area contributed by atoms with Crippen LogP contribution in [0.3, 0.4) is 0 Å². The molecule has 0 spiro atoms. The predicted molar refractivity (Wildman–Crippen MR) is 11.7 cm³/mol. The van der Waals surface area contributed by atoms with Gasteiger partial charge < -0.3 is 1.43 Å². The van der Waals surface area contributed by atoms with Crippen molar-refractivity contribution in [1.29, 1.82) is 0 Å². The molecule has 0 aliphatic carbocycles. The molecule has 0 saturated carbocycles. The monoisotopic (exact) mass is 113 g/mol. The number of hydrogen-bond acceptors (Lipinski definition) is 1. The average molecular weight is 113 g/mol. The second-order valence-corrected chi connectivity index (χ2v) is 0. The van der Waals surface area contributed by atoms with Crippen LogP contribution in [-0.2, 0) is 19.5 Å². The van der Waals surface area contributed by atoms with Crippen molar-refractivity contribution in [2.24, 2.45) is 0 Å². The Morgan fingerprint density at radius 1 is 1.50 bits per heavy atom. The maximum atomic E-state index is 7.94. The molecule has 0 aromatic rings. The second kappa shape index (κ2) is 25.4. The first-order chi connectivity index (χ1) is 1.00. The molecule has 0 aliphatic heterocycles. The molecule has 4 heteroatoms. The Hall–Kier alpha value is 1.44. The molecule has 0 saturated heterocycles. The molecule has 0 radical (unpaired) electrons. The third kappa shape index (κ3) is 9.89. The Bertz CT molecular complexity index is 11.6. The molecule has 0 aliphatic rings. The maximum absolute atomic E-state index is 7.94. The summed E-state index contributed by atoms with van der Waals surface area (Å²) < 4.78 is 7.94. The van der Waals surface area contributed by atoms with Crippen LogP contribution in [0.4, 0.5) is 0 Å². The van der Waals surface area contributed by atoms with Gasteiger partial charge in [-0.15, -0.1) is 0 Å². The van der Waals surface area contributed by atoms with Crippen molar-refractivity contribution < 1.29 is 39.8 Å². The van der Waals surface area contributed by atoms with Crippen molar-refractivity contribution in [3.63, 3.8) is 0 Å². The Morgan fingerprint density at radius 3 is 1.50 bits per heavy atom. The molecule has 0 bridgehead atoms. The van der Waals surface area contributed by atoms with Crippen LogP contribution in [0.2, 0.25) is 0 Å². The summed E-state index contributed by atoms with van der Waals surface area (Å²) >= 11 is 2.31. The minimum absolute atomic E-state index is 0. The fourth-order valence-electron chi connectivity index (χ4n) is 0. The zero-order valence-electron chi connectivity index (χ0n) is 2.74. The fourth-order valence-corrected chi connectivity index (χ4v) is 0. The van der Waals surface area contributed by atoms with Gasteiger partial charge >= 0.3 is 38.4 Å². The third-order valence-electron chi connectivity index (χ3n) is 0. The minimum atomic E-state index is 0. The Morgan fingerprint density at radius 2 is 1.50 bits per heavy atom. The van der Waals surface area contributed by atoms with E-state index >= 15 is 0 Å². The van der Waals surface area contributed by atoms with E-state index in [1.165, 1.54) is 0 Å². The van der Waals surface area contributed by atoms with Crippen LogP contribution >= 0.6 is 0 Å². The quantitative estimate of drug-likeness (QED) is 0.291. The van der Waals surface area contributed by atoms with Crippen LogP contribution < -0.4 is 18.9 Å². The van der Waals surface area contributed by atoms with Gasteiger partial charge in [0, 0.05) is 0 Å². The molecule has 0 amide bonds. The second-order valence-electron chi connectivity index (χ2n) is 0. The van der Waals surface area contributed by atoms with E-state index in [0.717, 1.165) is 0 Å². The van der Waals surface area contributed by atoms with Gasteiger partial charge in [0.2, 0.25) is 0 Å². The molecule has 4 heavy (non-hydrogen) atoms. The van der Waals surface area contributed by atoms with Gasteiger partial charge in [0.05, 0.1) is 0 Å². The van der Waals surface area contributed by atoms with E-state index in [2.05, 4.69) is 15.7 Å². The van der Waals surface area contributed by atoms with Gasteiger partial charge in [-0.25, -0.2) is 0 Å². The summed E-state index contributed by atoms with van der Waals surface area (Å²) in [6.07, 6.45) is 0. The molecule has 0 aromatic heterocycles. The Balaban J connectivity index is -0.00000000167. The summed E-state index contributed by atoms with van der Waals surface area (Å²) in [6, 6.07) is 0. The summed E-state index contributed by atoms with van der Waals surface area (Å²) in [6.45, 7) is 0. The van der Waals surface area contributed by atoms with Gasteiger partial charge in [-0.05, 0) is 0 Å². The van der Waals surface area contributed by atoms with Gasteiger partial charge in [0.25, 0.3) is 0 Å². The van der Waals surface area contributed by atoms with E-state index in [0.29, 0.717) is 0 Å².